The van der Waals surface area contributed by atoms with Gasteiger partial charge in [-0.05, 0) is 43.9 Å². The molecule has 1 amide bonds. The molecule has 0 aliphatic heterocycles. The first-order chi connectivity index (χ1) is 9.32. The Hall–Kier alpha value is -1.10. The molecule has 1 saturated carbocycles. The van der Waals surface area contributed by atoms with Gasteiger partial charge in [0.2, 0.25) is 5.91 Å². The maximum Gasteiger partial charge on any atom is 0.303 e. The van der Waals surface area contributed by atoms with Gasteiger partial charge in [0.05, 0.1) is 0 Å². The first-order valence-electron chi connectivity index (χ1n) is 7.60. The fraction of sp³-hybridized carbons (Fsp3) is 0.867. The largest absolute Gasteiger partial charge is 0.481 e. The van der Waals surface area contributed by atoms with E-state index in [1.165, 1.54) is 0 Å². The Bertz CT molecular complexity index is 338. The molecule has 0 heterocycles. The predicted octanol–water partition coefficient (Wildman–Crippen LogP) is 1.90. The number of nitrogens with one attached hydrogen (secondary N) is 1. The van der Waals surface area contributed by atoms with Crippen molar-refractivity contribution in [3.05, 3.63) is 0 Å². The number of carboxylic acid groups (broad SMARTS) is 1. The number of aliphatic carboxylic acids is 1. The maximum absolute atomic E-state index is 11.8. The van der Waals surface area contributed by atoms with Crippen molar-refractivity contribution in [3.63, 3.8) is 0 Å². The van der Waals surface area contributed by atoms with Crippen LogP contribution in [0.2, 0.25) is 0 Å². The molecule has 116 valence electrons. The van der Waals surface area contributed by atoms with E-state index < -0.39 is 5.97 Å². The zero-order chi connectivity index (χ0) is 15.2. The number of carbonyl (C=O) groups is 2. The lowest BCUT2D eigenvalue weighted by Gasteiger charge is -2.37. The number of amides is 1. The second-order valence-electron chi connectivity index (χ2n) is 6.47. The molecule has 4 N–H and O–H groups in total. The number of hydrogen-bond acceptors (Lipinski definition) is 3. The third-order valence-electron chi connectivity index (χ3n) is 4.37. The Labute approximate surface area is 121 Å². The molecule has 1 aliphatic carbocycles. The van der Waals surface area contributed by atoms with Crippen LogP contribution in [0.5, 0.6) is 0 Å². The lowest BCUT2D eigenvalue weighted by atomic mass is 9.75. The monoisotopic (exact) mass is 284 g/mol. The van der Waals surface area contributed by atoms with Crippen molar-refractivity contribution in [1.82, 2.24) is 5.32 Å². The third kappa shape index (κ3) is 5.90. The summed E-state index contributed by atoms with van der Waals surface area (Å²) in [7, 11) is 0. The highest BCUT2D eigenvalue weighted by atomic mass is 16.4. The zero-order valence-electron chi connectivity index (χ0n) is 12.7. The molecular weight excluding hydrogens is 256 g/mol. The van der Waals surface area contributed by atoms with Crippen LogP contribution >= 0.6 is 0 Å². The van der Waals surface area contributed by atoms with Crippen LogP contribution in [0, 0.1) is 11.8 Å². The van der Waals surface area contributed by atoms with Crippen LogP contribution in [0.25, 0.3) is 0 Å². The van der Waals surface area contributed by atoms with Gasteiger partial charge in [-0.3, -0.25) is 9.59 Å². The minimum Gasteiger partial charge on any atom is -0.481 e. The van der Waals surface area contributed by atoms with E-state index in [0.29, 0.717) is 31.2 Å². The molecule has 5 nitrogen and oxygen atoms in total. The normalized spacial score (nSPS) is 18.4. The van der Waals surface area contributed by atoms with Crippen molar-refractivity contribution in [2.24, 2.45) is 17.6 Å². The van der Waals surface area contributed by atoms with E-state index in [4.69, 9.17) is 10.8 Å². The van der Waals surface area contributed by atoms with Crippen LogP contribution in [-0.2, 0) is 9.59 Å². The molecule has 1 fully saturated rings. The van der Waals surface area contributed by atoms with E-state index >= 15 is 0 Å². The van der Waals surface area contributed by atoms with Crippen LogP contribution in [0.15, 0.2) is 0 Å². The number of nitrogens with two attached hydrogens (primary N) is 1. The topological polar surface area (TPSA) is 92.4 Å². The summed E-state index contributed by atoms with van der Waals surface area (Å²) in [5, 5.41) is 11.6. The summed E-state index contributed by atoms with van der Waals surface area (Å²) >= 11 is 0. The van der Waals surface area contributed by atoms with Crippen LogP contribution in [-0.4, -0.2) is 29.1 Å². The van der Waals surface area contributed by atoms with Crippen molar-refractivity contribution in [2.75, 3.05) is 6.54 Å². The average Bonchev–Trinajstić information content (AvgIpc) is 2.30. The fourth-order valence-electron chi connectivity index (χ4n) is 2.71. The number of carboxylic acids is 1. The van der Waals surface area contributed by atoms with Crippen molar-refractivity contribution in [3.8, 4) is 0 Å². The highest BCUT2D eigenvalue weighted by Gasteiger charge is 2.34. The molecule has 5 heteroatoms. The highest BCUT2D eigenvalue weighted by Crippen LogP contribution is 2.31. The first-order valence-corrected chi connectivity index (χ1v) is 7.60. The highest BCUT2D eigenvalue weighted by molar-refractivity contribution is 5.77. The van der Waals surface area contributed by atoms with E-state index in [2.05, 4.69) is 19.2 Å². The van der Waals surface area contributed by atoms with Gasteiger partial charge in [0.1, 0.15) is 0 Å². The summed E-state index contributed by atoms with van der Waals surface area (Å²) in [4.78, 5) is 22.4. The lowest BCUT2D eigenvalue weighted by Crippen LogP contribution is -2.50. The molecule has 1 aliphatic rings. The standard InChI is InChI=1S/C15H28N2O3/c1-11(2)12(4-5-14(19)20)6-9-17-13(18)10-15(16)7-3-8-15/h11-12H,3-10,16H2,1-2H3,(H,17,18)(H,19,20). The van der Waals surface area contributed by atoms with Gasteiger partial charge in [0, 0.05) is 24.9 Å². The van der Waals surface area contributed by atoms with Gasteiger partial charge in [-0.15, -0.1) is 0 Å². The Morgan fingerprint density at radius 1 is 1.30 bits per heavy atom. The molecule has 0 aromatic carbocycles. The molecule has 0 aromatic rings. The minimum atomic E-state index is -0.755. The van der Waals surface area contributed by atoms with Gasteiger partial charge in [-0.1, -0.05) is 13.8 Å². The molecule has 20 heavy (non-hydrogen) atoms. The van der Waals surface area contributed by atoms with Crippen molar-refractivity contribution in [2.45, 2.75) is 64.3 Å². The Kier molecular flexibility index (Phi) is 6.46. The molecule has 0 bridgehead atoms. The molecular formula is C15H28N2O3. The number of rotatable bonds is 9. The fourth-order valence-corrected chi connectivity index (χ4v) is 2.71. The number of carbonyl (C=O) groups excluding carboxylic acids is 1. The SMILES string of the molecule is CC(C)C(CCNC(=O)CC1(N)CCC1)CCC(=O)O. The van der Waals surface area contributed by atoms with E-state index in [1.54, 1.807) is 0 Å². The van der Waals surface area contributed by atoms with Gasteiger partial charge in [-0.25, -0.2) is 0 Å². The van der Waals surface area contributed by atoms with Gasteiger partial charge < -0.3 is 16.2 Å². The molecule has 0 spiro atoms. The third-order valence-corrected chi connectivity index (χ3v) is 4.37. The second kappa shape index (κ2) is 7.62. The van der Waals surface area contributed by atoms with Crippen LogP contribution in [0.1, 0.15) is 58.8 Å². The molecule has 0 radical (unpaired) electrons. The second-order valence-corrected chi connectivity index (χ2v) is 6.47. The van der Waals surface area contributed by atoms with Crippen molar-refractivity contribution < 1.29 is 14.7 Å². The van der Waals surface area contributed by atoms with Gasteiger partial charge in [0.25, 0.3) is 0 Å². The Morgan fingerprint density at radius 3 is 2.40 bits per heavy atom. The van der Waals surface area contributed by atoms with Gasteiger partial charge in [0.15, 0.2) is 0 Å². The van der Waals surface area contributed by atoms with Crippen LogP contribution in [0.3, 0.4) is 0 Å². The van der Waals surface area contributed by atoms with Gasteiger partial charge >= 0.3 is 5.97 Å². The number of hydrogen-bond donors (Lipinski definition) is 3. The van der Waals surface area contributed by atoms with E-state index in [0.717, 1.165) is 25.7 Å². The average molecular weight is 284 g/mol. The smallest absolute Gasteiger partial charge is 0.303 e. The first kappa shape index (κ1) is 17.0. The lowest BCUT2D eigenvalue weighted by molar-refractivity contribution is -0.137. The van der Waals surface area contributed by atoms with Crippen molar-refractivity contribution in [1.29, 1.82) is 0 Å². The Morgan fingerprint density at radius 2 is 1.95 bits per heavy atom. The Balaban J connectivity index is 2.22. The maximum atomic E-state index is 11.8. The van der Waals surface area contributed by atoms with Crippen LogP contribution in [0.4, 0.5) is 0 Å². The quantitative estimate of drug-likeness (QED) is 0.603. The molecule has 0 saturated heterocycles. The van der Waals surface area contributed by atoms with E-state index in [9.17, 15) is 9.59 Å². The summed E-state index contributed by atoms with van der Waals surface area (Å²) in [5.41, 5.74) is 5.77. The summed E-state index contributed by atoms with van der Waals surface area (Å²) in [6, 6.07) is 0. The summed E-state index contributed by atoms with van der Waals surface area (Å²) < 4.78 is 0. The minimum absolute atomic E-state index is 0.0212. The summed E-state index contributed by atoms with van der Waals surface area (Å²) in [6.07, 6.45) is 5.10. The van der Waals surface area contributed by atoms with Crippen molar-refractivity contribution >= 4 is 11.9 Å². The summed E-state index contributed by atoms with van der Waals surface area (Å²) in [6.45, 7) is 4.80. The predicted molar refractivity (Wildman–Crippen MR) is 78.2 cm³/mol. The van der Waals surface area contributed by atoms with E-state index in [1.807, 2.05) is 0 Å². The molecule has 1 rings (SSSR count). The molecule has 1 unspecified atom stereocenters. The van der Waals surface area contributed by atoms with Crippen LogP contribution < -0.4 is 11.1 Å². The zero-order valence-corrected chi connectivity index (χ0v) is 12.7. The van der Waals surface area contributed by atoms with E-state index in [-0.39, 0.29) is 17.9 Å². The molecule has 1 atom stereocenters. The van der Waals surface area contributed by atoms with Gasteiger partial charge in [-0.2, -0.15) is 0 Å². The molecule has 0 aromatic heterocycles. The summed E-state index contributed by atoms with van der Waals surface area (Å²) in [5.74, 6) is 0.0309.